The van der Waals surface area contributed by atoms with E-state index in [1.807, 2.05) is 41.5 Å². The predicted molar refractivity (Wildman–Crippen MR) is 122 cm³/mol. The van der Waals surface area contributed by atoms with Gasteiger partial charge in [-0.3, -0.25) is 14.6 Å². The number of carbonyl (C=O) groups is 2. The molecule has 1 saturated heterocycles. The average Bonchev–Trinajstić information content (AvgIpc) is 3.41. The van der Waals surface area contributed by atoms with Crippen LogP contribution in [0.5, 0.6) is 5.75 Å². The van der Waals surface area contributed by atoms with Crippen LogP contribution in [0.1, 0.15) is 23.6 Å². The molecule has 3 aromatic rings. The second-order valence-electron chi connectivity index (χ2n) is 7.44. The number of H-pyrrole nitrogens is 1. The van der Waals surface area contributed by atoms with Crippen LogP contribution in [0.15, 0.2) is 77.3 Å². The summed E-state index contributed by atoms with van der Waals surface area (Å²) in [7, 11) is 1.54. The average molecular weight is 497 g/mol. The number of Topliss-reactive ketones (excluding diaryl/α,β-unsaturated/α-hetero) is 1. The molecule has 1 aromatic heterocycles. The van der Waals surface area contributed by atoms with Crippen LogP contribution >= 0.6 is 15.9 Å². The van der Waals surface area contributed by atoms with Crippen LogP contribution < -0.4 is 9.30 Å². The molecular formula is C24H23BrN3O4+. The molecule has 7 nitrogen and oxygen atoms in total. The van der Waals surface area contributed by atoms with Crippen molar-refractivity contribution in [1.29, 1.82) is 0 Å². The molecule has 1 amide bonds. The van der Waals surface area contributed by atoms with E-state index >= 15 is 0 Å². The summed E-state index contributed by atoms with van der Waals surface area (Å²) in [5.41, 5.74) is 1.19. The molecule has 2 heterocycles. The lowest BCUT2D eigenvalue weighted by atomic mass is 9.94. The van der Waals surface area contributed by atoms with Crippen molar-refractivity contribution in [2.75, 3.05) is 13.7 Å². The summed E-state index contributed by atoms with van der Waals surface area (Å²) in [6, 6.07) is 13.5. The number of nitrogens with one attached hydrogen (secondary N) is 1. The number of rotatable bonds is 7. The number of halogens is 1. The van der Waals surface area contributed by atoms with Gasteiger partial charge in [-0.15, -0.1) is 0 Å². The SMILES string of the molecule is COc1ccccc1C1/C(=C(\O)c2ccc(Br)cc2)C(=O)C(=O)N1CCC[n+]1cc[nH]c1. The predicted octanol–water partition coefficient (Wildman–Crippen LogP) is 3.59. The Bertz CT molecular complexity index is 1160. The van der Waals surface area contributed by atoms with Crippen LogP contribution in [0.3, 0.4) is 0 Å². The van der Waals surface area contributed by atoms with Gasteiger partial charge >= 0.3 is 0 Å². The fourth-order valence-corrected chi connectivity index (χ4v) is 4.24. The van der Waals surface area contributed by atoms with Gasteiger partial charge in [0.1, 0.15) is 23.9 Å². The molecule has 0 aliphatic carbocycles. The molecule has 1 aliphatic heterocycles. The van der Waals surface area contributed by atoms with Gasteiger partial charge in [-0.1, -0.05) is 46.3 Å². The number of likely N-dealkylation sites (tertiary alicyclic amines) is 1. The van der Waals surface area contributed by atoms with E-state index in [4.69, 9.17) is 4.74 Å². The first-order valence-corrected chi connectivity index (χ1v) is 11.0. The maximum Gasteiger partial charge on any atom is 0.295 e. The van der Waals surface area contributed by atoms with Crippen LogP contribution in [0.25, 0.3) is 5.76 Å². The molecule has 0 radical (unpaired) electrons. The van der Waals surface area contributed by atoms with Crippen molar-refractivity contribution in [3.05, 3.63) is 88.4 Å². The van der Waals surface area contributed by atoms with Gasteiger partial charge in [-0.25, -0.2) is 4.57 Å². The molecule has 0 bridgehead atoms. The third-order valence-electron chi connectivity index (χ3n) is 5.51. The zero-order valence-electron chi connectivity index (χ0n) is 17.5. The van der Waals surface area contributed by atoms with Crippen LogP contribution in [0.2, 0.25) is 0 Å². The Morgan fingerprint density at radius 1 is 1.19 bits per heavy atom. The number of aryl methyl sites for hydroxylation is 1. The number of methoxy groups -OCH3 is 1. The van der Waals surface area contributed by atoms with Gasteiger partial charge < -0.3 is 14.7 Å². The van der Waals surface area contributed by atoms with Gasteiger partial charge in [-0.05, 0) is 18.2 Å². The minimum absolute atomic E-state index is 0.0659. The highest BCUT2D eigenvalue weighted by atomic mass is 79.9. The number of amides is 1. The molecule has 164 valence electrons. The molecule has 32 heavy (non-hydrogen) atoms. The fourth-order valence-electron chi connectivity index (χ4n) is 3.97. The first-order chi connectivity index (χ1) is 15.5. The zero-order valence-corrected chi connectivity index (χ0v) is 19.1. The van der Waals surface area contributed by atoms with Crippen molar-refractivity contribution in [3.8, 4) is 5.75 Å². The van der Waals surface area contributed by atoms with Gasteiger partial charge in [0, 0.05) is 28.6 Å². The van der Waals surface area contributed by atoms with Crippen LogP contribution in [-0.2, 0) is 16.1 Å². The number of aromatic nitrogens is 2. The number of aromatic amines is 1. The molecule has 4 rings (SSSR count). The van der Waals surface area contributed by atoms with Crippen LogP contribution in [-0.4, -0.2) is 40.3 Å². The monoisotopic (exact) mass is 496 g/mol. The number of imidazole rings is 1. The lowest BCUT2D eigenvalue weighted by Crippen LogP contribution is -2.36. The third kappa shape index (κ3) is 4.18. The molecule has 8 heteroatoms. The number of aliphatic hydroxyl groups is 1. The largest absolute Gasteiger partial charge is 0.507 e. The van der Waals surface area contributed by atoms with Crippen molar-refractivity contribution < 1.29 is 24.0 Å². The molecule has 2 N–H and O–H groups in total. The number of ketones is 1. The molecule has 0 saturated carbocycles. The van der Waals surface area contributed by atoms with Gasteiger partial charge in [0.25, 0.3) is 11.7 Å². The number of benzene rings is 2. The second-order valence-corrected chi connectivity index (χ2v) is 8.36. The molecule has 1 atom stereocenters. The first kappa shape index (κ1) is 21.8. The standard InChI is InChI=1S/C24H22BrN3O4/c1-32-19-6-3-2-5-18(19)21-20(22(29)16-7-9-17(25)10-8-16)23(30)24(31)28(21)13-4-12-27-14-11-26-15-27/h2-3,5-11,14-15,21H,4,12-13H2,1H3,(H,29,30)/p+1. The maximum absolute atomic E-state index is 13.1. The van der Waals surface area contributed by atoms with Crippen molar-refractivity contribution in [2.45, 2.75) is 19.0 Å². The van der Waals surface area contributed by atoms with Gasteiger partial charge in [0.05, 0.1) is 25.3 Å². The highest BCUT2D eigenvalue weighted by Gasteiger charge is 2.46. The van der Waals surface area contributed by atoms with E-state index in [0.717, 1.165) is 4.47 Å². The van der Waals surface area contributed by atoms with Gasteiger partial charge in [0.15, 0.2) is 0 Å². The topological polar surface area (TPSA) is 86.5 Å². The van der Waals surface area contributed by atoms with Crippen molar-refractivity contribution >= 4 is 33.4 Å². The summed E-state index contributed by atoms with van der Waals surface area (Å²) in [5, 5.41) is 11.1. The van der Waals surface area contributed by atoms with E-state index in [9.17, 15) is 14.7 Å². The minimum Gasteiger partial charge on any atom is -0.507 e. The van der Waals surface area contributed by atoms with E-state index in [1.165, 1.54) is 4.90 Å². The van der Waals surface area contributed by atoms with E-state index < -0.39 is 17.7 Å². The number of nitrogens with zero attached hydrogens (tertiary/aromatic N) is 2. The Labute approximate surface area is 194 Å². The summed E-state index contributed by atoms with van der Waals surface area (Å²) in [5.74, 6) is -0.977. The summed E-state index contributed by atoms with van der Waals surface area (Å²) >= 11 is 3.37. The Kier molecular flexibility index (Phi) is 6.41. The molecular weight excluding hydrogens is 474 g/mol. The molecule has 2 aromatic carbocycles. The van der Waals surface area contributed by atoms with E-state index in [2.05, 4.69) is 20.9 Å². The number of hydrogen-bond acceptors (Lipinski definition) is 4. The number of ether oxygens (including phenoxy) is 1. The lowest BCUT2D eigenvalue weighted by molar-refractivity contribution is -0.695. The highest BCUT2D eigenvalue weighted by Crippen LogP contribution is 2.42. The summed E-state index contributed by atoms with van der Waals surface area (Å²) in [6.07, 6.45) is 6.19. The van der Waals surface area contributed by atoms with E-state index in [-0.39, 0.29) is 11.3 Å². The number of aliphatic hydroxyl groups excluding tert-OH is 1. The maximum atomic E-state index is 13.1. The van der Waals surface area contributed by atoms with Gasteiger partial charge in [0.2, 0.25) is 6.33 Å². The van der Waals surface area contributed by atoms with E-state index in [1.54, 1.807) is 37.4 Å². The van der Waals surface area contributed by atoms with E-state index in [0.29, 0.717) is 36.4 Å². The van der Waals surface area contributed by atoms with Crippen molar-refractivity contribution in [3.63, 3.8) is 0 Å². The molecule has 1 fully saturated rings. The van der Waals surface area contributed by atoms with Gasteiger partial charge in [-0.2, -0.15) is 0 Å². The number of hydrogen-bond donors (Lipinski definition) is 2. The Morgan fingerprint density at radius 2 is 1.94 bits per heavy atom. The fraction of sp³-hybridized carbons (Fsp3) is 0.208. The van der Waals surface area contributed by atoms with Crippen molar-refractivity contribution in [2.24, 2.45) is 0 Å². The normalized spacial score (nSPS) is 17.7. The summed E-state index contributed by atoms with van der Waals surface area (Å²) in [6.45, 7) is 1.03. The Hall–Kier alpha value is -3.39. The molecule has 1 unspecified atom stereocenters. The van der Waals surface area contributed by atoms with Crippen molar-refractivity contribution in [1.82, 2.24) is 9.88 Å². The summed E-state index contributed by atoms with van der Waals surface area (Å²) < 4.78 is 8.34. The highest BCUT2D eigenvalue weighted by molar-refractivity contribution is 9.10. The Balaban J connectivity index is 1.77. The third-order valence-corrected chi connectivity index (χ3v) is 6.04. The quantitative estimate of drug-likeness (QED) is 0.226. The number of carbonyl (C=O) groups excluding carboxylic acids is 2. The zero-order chi connectivity index (χ0) is 22.7. The minimum atomic E-state index is -0.744. The Morgan fingerprint density at radius 3 is 2.62 bits per heavy atom. The van der Waals surface area contributed by atoms with Crippen LogP contribution in [0, 0.1) is 0 Å². The lowest BCUT2D eigenvalue weighted by Gasteiger charge is -2.26. The second kappa shape index (κ2) is 9.40. The molecule has 0 spiro atoms. The first-order valence-electron chi connectivity index (χ1n) is 10.2. The summed E-state index contributed by atoms with van der Waals surface area (Å²) in [4.78, 5) is 30.7. The van der Waals surface area contributed by atoms with Crippen LogP contribution in [0.4, 0.5) is 0 Å². The molecule has 1 aliphatic rings. The smallest absolute Gasteiger partial charge is 0.295 e. The number of para-hydroxylation sites is 1.